The summed E-state index contributed by atoms with van der Waals surface area (Å²) < 4.78 is 5.14. The number of carbonyl (C=O) groups excluding carboxylic acids is 2. The highest BCUT2D eigenvalue weighted by atomic mass is 16.5. The van der Waals surface area contributed by atoms with Gasteiger partial charge in [0, 0.05) is 18.3 Å². The molecule has 1 fully saturated rings. The van der Waals surface area contributed by atoms with E-state index in [-0.39, 0.29) is 18.0 Å². The Labute approximate surface area is 200 Å². The van der Waals surface area contributed by atoms with E-state index in [1.54, 1.807) is 7.11 Å². The summed E-state index contributed by atoms with van der Waals surface area (Å²) in [5, 5.41) is 8.84. The number of carbonyl (C=O) groups is 2. The number of rotatable bonds is 8. The lowest BCUT2D eigenvalue weighted by molar-refractivity contribution is -0.121. The van der Waals surface area contributed by atoms with Crippen LogP contribution in [-0.4, -0.2) is 25.1 Å². The second-order valence-corrected chi connectivity index (χ2v) is 8.71. The smallest absolute Gasteiger partial charge is 0.319 e. The number of anilines is 1. The second-order valence-electron chi connectivity index (χ2n) is 8.71. The molecule has 3 aromatic rings. The molecule has 0 saturated heterocycles. The minimum Gasteiger partial charge on any atom is -0.497 e. The van der Waals surface area contributed by atoms with Gasteiger partial charge in [-0.25, -0.2) is 4.79 Å². The molecule has 1 aliphatic carbocycles. The molecule has 0 spiro atoms. The first-order valence-electron chi connectivity index (χ1n) is 11.7. The van der Waals surface area contributed by atoms with Crippen LogP contribution in [0.15, 0.2) is 78.9 Å². The minimum absolute atomic E-state index is 0.0386. The van der Waals surface area contributed by atoms with E-state index in [9.17, 15) is 9.59 Å². The van der Waals surface area contributed by atoms with Gasteiger partial charge in [0.25, 0.3) is 0 Å². The molecule has 6 nitrogen and oxygen atoms in total. The number of ether oxygens (including phenoxy) is 1. The van der Waals surface area contributed by atoms with Crippen molar-refractivity contribution in [1.82, 2.24) is 10.6 Å². The molecule has 0 radical (unpaired) electrons. The SMILES string of the molecule is COc1ccc(CNC(=O)Nc2ccc(CC(=O)NC3CCC(c4ccccc4)C3)cc2)cc1. The summed E-state index contributed by atoms with van der Waals surface area (Å²) in [6, 6.07) is 25.4. The van der Waals surface area contributed by atoms with Gasteiger partial charge in [-0.2, -0.15) is 0 Å². The number of hydrogen-bond donors (Lipinski definition) is 3. The zero-order valence-corrected chi connectivity index (χ0v) is 19.4. The van der Waals surface area contributed by atoms with E-state index in [2.05, 4.69) is 40.2 Å². The summed E-state index contributed by atoms with van der Waals surface area (Å²) in [7, 11) is 1.62. The van der Waals surface area contributed by atoms with E-state index in [1.807, 2.05) is 54.6 Å². The second kappa shape index (κ2) is 11.4. The summed E-state index contributed by atoms with van der Waals surface area (Å²) in [4.78, 5) is 24.7. The molecule has 0 aliphatic heterocycles. The normalized spacial score (nSPS) is 17.1. The minimum atomic E-state index is -0.282. The van der Waals surface area contributed by atoms with Crippen LogP contribution in [0.3, 0.4) is 0 Å². The van der Waals surface area contributed by atoms with Crippen LogP contribution >= 0.6 is 0 Å². The zero-order chi connectivity index (χ0) is 23.8. The molecular weight excluding hydrogens is 426 g/mol. The largest absolute Gasteiger partial charge is 0.497 e. The molecule has 176 valence electrons. The number of nitrogens with one attached hydrogen (secondary N) is 3. The Morgan fingerprint density at radius 3 is 2.29 bits per heavy atom. The van der Waals surface area contributed by atoms with Gasteiger partial charge in [0.05, 0.1) is 13.5 Å². The third-order valence-electron chi connectivity index (χ3n) is 6.26. The van der Waals surface area contributed by atoms with E-state index in [1.165, 1.54) is 5.56 Å². The molecule has 0 heterocycles. The molecule has 6 heteroatoms. The Bertz CT molecular complexity index is 1080. The lowest BCUT2D eigenvalue weighted by atomic mass is 9.98. The van der Waals surface area contributed by atoms with Gasteiger partial charge in [-0.1, -0.05) is 54.6 Å². The van der Waals surface area contributed by atoms with Crippen LogP contribution < -0.4 is 20.7 Å². The summed E-state index contributed by atoms with van der Waals surface area (Å²) in [6.45, 7) is 0.417. The third kappa shape index (κ3) is 6.61. The van der Waals surface area contributed by atoms with Crippen LogP contribution in [0.4, 0.5) is 10.5 Å². The molecule has 3 N–H and O–H groups in total. The molecule has 2 unspecified atom stereocenters. The Morgan fingerprint density at radius 2 is 1.59 bits per heavy atom. The molecule has 34 heavy (non-hydrogen) atoms. The molecule has 2 atom stereocenters. The van der Waals surface area contributed by atoms with Crippen molar-refractivity contribution in [3.8, 4) is 5.75 Å². The quantitative estimate of drug-likeness (QED) is 0.445. The molecule has 1 saturated carbocycles. The lowest BCUT2D eigenvalue weighted by Gasteiger charge is -2.14. The maximum Gasteiger partial charge on any atom is 0.319 e. The summed E-state index contributed by atoms with van der Waals surface area (Å²) in [5.74, 6) is 1.34. The Hall–Kier alpha value is -3.80. The topological polar surface area (TPSA) is 79.5 Å². The summed E-state index contributed by atoms with van der Waals surface area (Å²) in [5.41, 5.74) is 3.93. The van der Waals surface area contributed by atoms with Crippen LogP contribution in [0.1, 0.15) is 41.9 Å². The highest BCUT2D eigenvalue weighted by Crippen LogP contribution is 2.34. The first kappa shape index (κ1) is 23.4. The van der Waals surface area contributed by atoms with Gasteiger partial charge in [0.2, 0.25) is 5.91 Å². The average molecular weight is 458 g/mol. The molecule has 3 amide bonds. The standard InChI is InChI=1S/C28H31N3O3/c1-34-26-15-9-21(10-16-26)19-29-28(33)31-24-12-7-20(8-13-24)17-27(32)30-25-14-11-23(18-25)22-5-3-2-4-6-22/h2-10,12-13,15-16,23,25H,11,14,17-19H2,1H3,(H,30,32)(H2,29,31,33). The van der Waals surface area contributed by atoms with Crippen molar-refractivity contribution in [2.45, 2.75) is 44.2 Å². The fourth-order valence-electron chi connectivity index (χ4n) is 4.41. The van der Waals surface area contributed by atoms with Crippen LogP contribution in [0.25, 0.3) is 0 Å². The monoisotopic (exact) mass is 457 g/mol. The highest BCUT2D eigenvalue weighted by Gasteiger charge is 2.26. The van der Waals surface area contributed by atoms with Crippen LogP contribution in [0.2, 0.25) is 0 Å². The Kier molecular flexibility index (Phi) is 7.81. The fourth-order valence-corrected chi connectivity index (χ4v) is 4.41. The molecule has 0 aromatic heterocycles. The molecule has 3 aromatic carbocycles. The number of urea groups is 1. The van der Waals surface area contributed by atoms with E-state index >= 15 is 0 Å². The maximum atomic E-state index is 12.5. The zero-order valence-electron chi connectivity index (χ0n) is 19.4. The highest BCUT2D eigenvalue weighted by molar-refractivity contribution is 5.89. The van der Waals surface area contributed by atoms with Crippen LogP contribution in [0, 0.1) is 0 Å². The Balaban J connectivity index is 1.19. The van der Waals surface area contributed by atoms with Crippen molar-refractivity contribution in [3.05, 3.63) is 95.6 Å². The van der Waals surface area contributed by atoms with Crippen molar-refractivity contribution in [3.63, 3.8) is 0 Å². The van der Waals surface area contributed by atoms with Gasteiger partial charge in [-0.05, 0) is 66.1 Å². The molecule has 0 bridgehead atoms. The lowest BCUT2D eigenvalue weighted by Crippen LogP contribution is -2.34. The van der Waals surface area contributed by atoms with Crippen molar-refractivity contribution in [1.29, 1.82) is 0 Å². The maximum absolute atomic E-state index is 12.5. The van der Waals surface area contributed by atoms with E-state index in [0.717, 1.165) is 36.1 Å². The number of methoxy groups -OCH3 is 1. The predicted octanol–water partition coefficient (Wildman–Crippen LogP) is 5.01. The molecule has 1 aliphatic rings. The number of hydrogen-bond acceptors (Lipinski definition) is 3. The van der Waals surface area contributed by atoms with Gasteiger partial charge in [0.15, 0.2) is 0 Å². The van der Waals surface area contributed by atoms with E-state index in [0.29, 0.717) is 24.6 Å². The van der Waals surface area contributed by atoms with Crippen molar-refractivity contribution in [2.24, 2.45) is 0 Å². The van der Waals surface area contributed by atoms with Crippen molar-refractivity contribution in [2.75, 3.05) is 12.4 Å². The van der Waals surface area contributed by atoms with Gasteiger partial charge in [-0.3, -0.25) is 4.79 Å². The average Bonchev–Trinajstić information content (AvgIpc) is 3.33. The van der Waals surface area contributed by atoms with Gasteiger partial charge in [-0.15, -0.1) is 0 Å². The van der Waals surface area contributed by atoms with Gasteiger partial charge >= 0.3 is 6.03 Å². The van der Waals surface area contributed by atoms with Gasteiger partial charge < -0.3 is 20.7 Å². The van der Waals surface area contributed by atoms with E-state index in [4.69, 9.17) is 4.74 Å². The van der Waals surface area contributed by atoms with Crippen molar-refractivity contribution >= 4 is 17.6 Å². The first-order valence-corrected chi connectivity index (χ1v) is 11.7. The summed E-state index contributed by atoms with van der Waals surface area (Å²) in [6.07, 6.45) is 3.44. The number of benzene rings is 3. The third-order valence-corrected chi connectivity index (χ3v) is 6.26. The van der Waals surface area contributed by atoms with Crippen LogP contribution in [-0.2, 0) is 17.8 Å². The van der Waals surface area contributed by atoms with Crippen LogP contribution in [0.5, 0.6) is 5.75 Å². The fraction of sp³-hybridized carbons (Fsp3) is 0.286. The first-order chi connectivity index (χ1) is 16.6. The predicted molar refractivity (Wildman–Crippen MR) is 134 cm³/mol. The Morgan fingerprint density at radius 1 is 0.882 bits per heavy atom. The van der Waals surface area contributed by atoms with Crippen molar-refractivity contribution < 1.29 is 14.3 Å². The van der Waals surface area contributed by atoms with Gasteiger partial charge in [0.1, 0.15) is 5.75 Å². The summed E-state index contributed by atoms with van der Waals surface area (Å²) >= 11 is 0. The molecule has 4 rings (SSSR count). The molecular formula is C28H31N3O3. The number of amides is 3. The van der Waals surface area contributed by atoms with E-state index < -0.39 is 0 Å².